The Labute approximate surface area is 103 Å². The summed E-state index contributed by atoms with van der Waals surface area (Å²) in [5.74, 6) is 0. The van der Waals surface area contributed by atoms with Crippen LogP contribution in [0.2, 0.25) is 5.02 Å². The average molecular weight is 317 g/mol. The minimum atomic E-state index is -4.45. The molecule has 0 saturated heterocycles. The number of hydrogen-bond acceptors (Lipinski definition) is 1. The largest absolute Gasteiger partial charge is 0.406 e. The zero-order chi connectivity index (χ0) is 12.3. The first-order chi connectivity index (χ1) is 7.31. The summed E-state index contributed by atoms with van der Waals surface area (Å²) >= 11 is 8.75. The van der Waals surface area contributed by atoms with Crippen molar-refractivity contribution < 1.29 is 18.0 Å². The van der Waals surface area contributed by atoms with Gasteiger partial charge in [-0.2, -0.15) is 13.2 Å². The Morgan fingerprint density at radius 3 is 2.44 bits per heavy atom. The van der Waals surface area contributed by atoms with Crippen LogP contribution in [0, 0.1) is 0 Å². The van der Waals surface area contributed by atoms with E-state index < -0.39 is 12.7 Å². The van der Waals surface area contributed by atoms with Crippen LogP contribution in [0.4, 0.5) is 18.9 Å². The van der Waals surface area contributed by atoms with Crippen molar-refractivity contribution in [1.82, 2.24) is 0 Å². The topological polar surface area (TPSA) is 20.3 Å². The lowest BCUT2D eigenvalue weighted by molar-refractivity contribution is -0.126. The van der Waals surface area contributed by atoms with Gasteiger partial charge >= 0.3 is 6.18 Å². The molecule has 0 atom stereocenters. The monoisotopic (exact) mass is 315 g/mol. The molecule has 1 rings (SSSR count). The molecule has 0 bridgehead atoms. The summed E-state index contributed by atoms with van der Waals surface area (Å²) in [6, 6.07) is 4.18. The third-order valence-electron chi connectivity index (χ3n) is 1.66. The average Bonchev–Trinajstić information content (AvgIpc) is 2.11. The number of alkyl halides is 3. The Hall–Kier alpha value is -0.750. The second-order valence-electron chi connectivity index (χ2n) is 2.98. The van der Waals surface area contributed by atoms with Gasteiger partial charge in [-0.3, -0.25) is 4.79 Å². The number of anilines is 1. The van der Waals surface area contributed by atoms with Gasteiger partial charge in [-0.25, -0.2) is 0 Å². The van der Waals surface area contributed by atoms with Crippen molar-refractivity contribution in [2.24, 2.45) is 0 Å². The van der Waals surface area contributed by atoms with Crippen molar-refractivity contribution in [2.75, 3.05) is 11.4 Å². The van der Waals surface area contributed by atoms with Crippen molar-refractivity contribution >= 4 is 39.6 Å². The molecule has 88 valence electrons. The minimum Gasteiger partial charge on any atom is -0.306 e. The fourth-order valence-corrected chi connectivity index (χ4v) is 1.93. The highest BCUT2D eigenvalue weighted by Crippen LogP contribution is 2.27. The minimum absolute atomic E-state index is 0.0895. The van der Waals surface area contributed by atoms with E-state index >= 15 is 0 Å². The summed E-state index contributed by atoms with van der Waals surface area (Å²) in [6.07, 6.45) is -4.33. The molecule has 0 saturated carbocycles. The first-order valence-electron chi connectivity index (χ1n) is 4.06. The lowest BCUT2D eigenvalue weighted by Crippen LogP contribution is -2.33. The van der Waals surface area contributed by atoms with Crippen LogP contribution >= 0.6 is 27.5 Å². The van der Waals surface area contributed by atoms with E-state index in [2.05, 4.69) is 15.9 Å². The Morgan fingerprint density at radius 2 is 2.00 bits per heavy atom. The highest BCUT2D eigenvalue weighted by Gasteiger charge is 2.31. The molecule has 1 aromatic carbocycles. The lowest BCUT2D eigenvalue weighted by atomic mass is 10.3. The normalized spacial score (nSPS) is 11.3. The van der Waals surface area contributed by atoms with Gasteiger partial charge in [0.2, 0.25) is 6.41 Å². The Kier molecular flexibility index (Phi) is 4.21. The highest BCUT2D eigenvalue weighted by molar-refractivity contribution is 9.10. The van der Waals surface area contributed by atoms with Crippen molar-refractivity contribution in [3.63, 3.8) is 0 Å². The first kappa shape index (κ1) is 13.3. The van der Waals surface area contributed by atoms with Gasteiger partial charge in [-0.1, -0.05) is 27.5 Å². The molecule has 2 nitrogen and oxygen atoms in total. The number of hydrogen-bond donors (Lipinski definition) is 0. The Balaban J connectivity index is 2.99. The fourth-order valence-electron chi connectivity index (χ4n) is 1.09. The zero-order valence-electron chi connectivity index (χ0n) is 7.76. The molecule has 0 fully saturated rings. The molecule has 0 aliphatic heterocycles. The van der Waals surface area contributed by atoms with E-state index in [-0.39, 0.29) is 17.1 Å². The van der Waals surface area contributed by atoms with E-state index in [1.165, 1.54) is 18.2 Å². The number of carbonyl (C=O) groups excluding carboxylic acids is 1. The lowest BCUT2D eigenvalue weighted by Gasteiger charge is -2.19. The van der Waals surface area contributed by atoms with Crippen LogP contribution in [-0.2, 0) is 4.79 Å². The van der Waals surface area contributed by atoms with Crippen molar-refractivity contribution in [1.29, 1.82) is 0 Å². The van der Waals surface area contributed by atoms with E-state index in [0.29, 0.717) is 9.37 Å². The molecule has 0 aliphatic rings. The first-order valence-corrected chi connectivity index (χ1v) is 5.24. The molecule has 0 aliphatic carbocycles. The second kappa shape index (κ2) is 5.05. The molecule has 0 radical (unpaired) electrons. The standard InChI is InChI=1S/C9H6BrClF3NO/c10-6-1-7(11)3-8(2-6)15(5-16)4-9(12,13)14/h1-3,5H,4H2. The molecule has 0 aromatic heterocycles. The predicted molar refractivity (Wildman–Crippen MR) is 58.6 cm³/mol. The maximum absolute atomic E-state index is 12.1. The number of nitrogens with zero attached hydrogens (tertiary/aromatic N) is 1. The van der Waals surface area contributed by atoms with Gasteiger partial charge in [0.05, 0.1) is 0 Å². The van der Waals surface area contributed by atoms with E-state index in [1.54, 1.807) is 0 Å². The molecular weight excluding hydrogens is 310 g/mol. The number of amides is 1. The number of halogens is 5. The maximum atomic E-state index is 12.1. The van der Waals surface area contributed by atoms with Crippen LogP contribution in [-0.4, -0.2) is 19.1 Å². The third-order valence-corrected chi connectivity index (χ3v) is 2.33. The summed E-state index contributed by atoms with van der Waals surface area (Å²) in [7, 11) is 0. The van der Waals surface area contributed by atoms with Gasteiger partial charge in [-0.15, -0.1) is 0 Å². The molecule has 0 unspecified atom stereocenters. The molecule has 0 spiro atoms. The van der Waals surface area contributed by atoms with Gasteiger partial charge < -0.3 is 4.90 Å². The quantitative estimate of drug-likeness (QED) is 0.780. The van der Waals surface area contributed by atoms with Gasteiger partial charge in [0, 0.05) is 15.2 Å². The molecule has 16 heavy (non-hydrogen) atoms. The van der Waals surface area contributed by atoms with Crippen LogP contribution in [0.1, 0.15) is 0 Å². The summed E-state index contributed by atoms with van der Waals surface area (Å²) in [4.78, 5) is 11.1. The van der Waals surface area contributed by atoms with Gasteiger partial charge in [0.15, 0.2) is 0 Å². The van der Waals surface area contributed by atoms with Crippen LogP contribution < -0.4 is 4.90 Å². The third kappa shape index (κ3) is 4.02. The summed E-state index contributed by atoms with van der Waals surface area (Å²) in [5.41, 5.74) is 0.0895. The predicted octanol–water partition coefficient (Wildman–Crippen LogP) is 3.63. The zero-order valence-corrected chi connectivity index (χ0v) is 10.1. The van der Waals surface area contributed by atoms with Crippen molar-refractivity contribution in [2.45, 2.75) is 6.18 Å². The molecule has 0 heterocycles. The number of carbonyl (C=O) groups is 1. The molecular formula is C9H6BrClF3NO. The summed E-state index contributed by atoms with van der Waals surface area (Å²) < 4.78 is 36.9. The van der Waals surface area contributed by atoms with E-state index in [1.807, 2.05) is 0 Å². The second-order valence-corrected chi connectivity index (χ2v) is 4.33. The van der Waals surface area contributed by atoms with Crippen molar-refractivity contribution in [3.8, 4) is 0 Å². The van der Waals surface area contributed by atoms with Gasteiger partial charge in [-0.05, 0) is 18.2 Å². The van der Waals surface area contributed by atoms with E-state index in [9.17, 15) is 18.0 Å². The highest BCUT2D eigenvalue weighted by atomic mass is 79.9. The van der Waals surface area contributed by atoms with E-state index in [4.69, 9.17) is 11.6 Å². The molecule has 7 heteroatoms. The molecule has 1 aromatic rings. The molecule has 0 N–H and O–H groups in total. The number of rotatable bonds is 3. The Bertz CT molecular complexity index is 377. The van der Waals surface area contributed by atoms with Crippen LogP contribution in [0.15, 0.2) is 22.7 Å². The summed E-state index contributed by atoms with van der Waals surface area (Å²) in [5, 5.41) is 0.249. The SMILES string of the molecule is O=CN(CC(F)(F)F)c1cc(Cl)cc(Br)c1. The number of benzene rings is 1. The van der Waals surface area contributed by atoms with Gasteiger partial charge in [0.1, 0.15) is 6.54 Å². The molecule has 1 amide bonds. The Morgan fingerprint density at radius 1 is 1.38 bits per heavy atom. The van der Waals surface area contributed by atoms with E-state index in [0.717, 1.165) is 0 Å². The van der Waals surface area contributed by atoms with Crippen LogP contribution in [0.25, 0.3) is 0 Å². The van der Waals surface area contributed by atoms with Crippen molar-refractivity contribution in [3.05, 3.63) is 27.7 Å². The summed E-state index contributed by atoms with van der Waals surface area (Å²) in [6.45, 7) is -1.34. The van der Waals surface area contributed by atoms with Gasteiger partial charge in [0.25, 0.3) is 0 Å². The van der Waals surface area contributed by atoms with Crippen LogP contribution in [0.3, 0.4) is 0 Å². The smallest absolute Gasteiger partial charge is 0.306 e. The fraction of sp³-hybridized carbons (Fsp3) is 0.222. The van der Waals surface area contributed by atoms with Crippen LogP contribution in [0.5, 0.6) is 0 Å². The maximum Gasteiger partial charge on any atom is 0.406 e.